The minimum atomic E-state index is -0.0869. The molecule has 5 rings (SSSR count). The Labute approximate surface area is 154 Å². The molecular formula is C25H21N. The minimum Gasteiger partial charge on any atom is -0.278 e. The minimum absolute atomic E-state index is 0.0869. The van der Waals surface area contributed by atoms with Crippen molar-refractivity contribution in [1.29, 1.82) is 0 Å². The highest BCUT2D eigenvalue weighted by molar-refractivity contribution is 6.21. The van der Waals surface area contributed by atoms with E-state index in [0.717, 1.165) is 12.1 Å². The second-order valence-corrected chi connectivity index (χ2v) is 7.83. The van der Waals surface area contributed by atoms with Gasteiger partial charge in [0.2, 0.25) is 0 Å². The predicted octanol–water partition coefficient (Wildman–Crippen LogP) is 6.17. The first kappa shape index (κ1) is 15.3. The molecule has 0 radical (unpaired) electrons. The number of aliphatic imine (C=N–C) groups is 1. The van der Waals surface area contributed by atoms with Gasteiger partial charge in [-0.1, -0.05) is 72.8 Å². The van der Waals surface area contributed by atoms with Crippen LogP contribution in [0.25, 0.3) is 21.5 Å². The lowest BCUT2D eigenvalue weighted by Gasteiger charge is -2.30. The van der Waals surface area contributed by atoms with Crippen LogP contribution in [-0.4, -0.2) is 11.3 Å². The van der Waals surface area contributed by atoms with Crippen molar-refractivity contribution >= 4 is 27.3 Å². The zero-order valence-corrected chi connectivity index (χ0v) is 15.2. The van der Waals surface area contributed by atoms with E-state index in [1.165, 1.54) is 38.2 Å². The molecule has 0 saturated heterocycles. The fraction of sp³-hybridized carbons (Fsp3) is 0.160. The predicted molar refractivity (Wildman–Crippen MR) is 111 cm³/mol. The van der Waals surface area contributed by atoms with E-state index in [4.69, 9.17) is 4.99 Å². The Morgan fingerprint density at radius 1 is 0.731 bits per heavy atom. The Balaban J connectivity index is 1.82. The van der Waals surface area contributed by atoms with Crippen molar-refractivity contribution in [3.05, 3.63) is 95.6 Å². The van der Waals surface area contributed by atoms with Crippen molar-refractivity contribution in [2.24, 2.45) is 4.99 Å². The van der Waals surface area contributed by atoms with Crippen molar-refractivity contribution < 1.29 is 0 Å². The van der Waals surface area contributed by atoms with E-state index in [1.54, 1.807) is 0 Å². The molecule has 0 spiro atoms. The third-order valence-electron chi connectivity index (χ3n) is 5.31. The molecule has 126 valence electrons. The van der Waals surface area contributed by atoms with Gasteiger partial charge in [0, 0.05) is 11.1 Å². The molecule has 0 saturated carbocycles. The second kappa shape index (κ2) is 5.54. The van der Waals surface area contributed by atoms with Gasteiger partial charge >= 0.3 is 0 Å². The number of hydrogen-bond acceptors (Lipinski definition) is 1. The third kappa shape index (κ3) is 2.43. The number of nitrogens with zero attached hydrogens (tertiary/aromatic N) is 1. The Morgan fingerprint density at radius 2 is 1.42 bits per heavy atom. The maximum Gasteiger partial charge on any atom is 0.0734 e. The van der Waals surface area contributed by atoms with Gasteiger partial charge in [-0.2, -0.15) is 0 Å². The lowest BCUT2D eigenvalue weighted by molar-refractivity contribution is 0.514. The Kier molecular flexibility index (Phi) is 3.27. The van der Waals surface area contributed by atoms with Crippen molar-refractivity contribution in [3.8, 4) is 0 Å². The van der Waals surface area contributed by atoms with Crippen molar-refractivity contribution in [1.82, 2.24) is 0 Å². The van der Waals surface area contributed by atoms with E-state index < -0.39 is 0 Å². The van der Waals surface area contributed by atoms with Crippen molar-refractivity contribution in [2.45, 2.75) is 25.8 Å². The smallest absolute Gasteiger partial charge is 0.0734 e. The van der Waals surface area contributed by atoms with Crippen LogP contribution in [0.2, 0.25) is 0 Å². The number of hydrogen-bond donors (Lipinski definition) is 0. The van der Waals surface area contributed by atoms with Crippen LogP contribution in [0.4, 0.5) is 0 Å². The molecule has 26 heavy (non-hydrogen) atoms. The fourth-order valence-electron chi connectivity index (χ4n) is 4.15. The van der Waals surface area contributed by atoms with E-state index >= 15 is 0 Å². The normalized spacial score (nSPS) is 15.7. The lowest BCUT2D eigenvalue weighted by atomic mass is 9.82. The second-order valence-electron chi connectivity index (χ2n) is 7.83. The zero-order chi connectivity index (χ0) is 17.7. The summed E-state index contributed by atoms with van der Waals surface area (Å²) in [7, 11) is 0. The van der Waals surface area contributed by atoms with Gasteiger partial charge in [0.15, 0.2) is 0 Å². The van der Waals surface area contributed by atoms with Crippen LogP contribution >= 0.6 is 0 Å². The summed E-state index contributed by atoms with van der Waals surface area (Å²) in [6.07, 6.45) is 0.976. The molecule has 0 N–H and O–H groups in total. The highest BCUT2D eigenvalue weighted by atomic mass is 14.9. The molecule has 0 bridgehead atoms. The largest absolute Gasteiger partial charge is 0.278 e. The van der Waals surface area contributed by atoms with E-state index in [2.05, 4.69) is 92.7 Å². The highest BCUT2D eigenvalue weighted by Gasteiger charge is 2.28. The van der Waals surface area contributed by atoms with Crippen LogP contribution in [0.15, 0.2) is 83.9 Å². The summed E-state index contributed by atoms with van der Waals surface area (Å²) < 4.78 is 0. The topological polar surface area (TPSA) is 12.4 Å². The summed E-state index contributed by atoms with van der Waals surface area (Å²) in [5.74, 6) is 0. The zero-order valence-electron chi connectivity index (χ0n) is 15.2. The molecule has 1 aliphatic heterocycles. The fourth-order valence-corrected chi connectivity index (χ4v) is 4.15. The molecule has 0 amide bonds. The summed E-state index contributed by atoms with van der Waals surface area (Å²) in [4.78, 5) is 5.20. The molecule has 0 fully saturated rings. The molecule has 4 aromatic carbocycles. The van der Waals surface area contributed by atoms with Crippen LogP contribution in [0.1, 0.15) is 30.5 Å². The maximum atomic E-state index is 5.20. The van der Waals surface area contributed by atoms with Crippen LogP contribution in [0.3, 0.4) is 0 Å². The number of fused-ring (bicyclic) bond motifs is 4. The summed E-state index contributed by atoms with van der Waals surface area (Å²) >= 11 is 0. The van der Waals surface area contributed by atoms with Crippen LogP contribution < -0.4 is 0 Å². The molecule has 4 aromatic rings. The Bertz CT molecular complexity index is 1180. The molecule has 0 aromatic heterocycles. The van der Waals surface area contributed by atoms with E-state index in [1.807, 2.05) is 0 Å². The van der Waals surface area contributed by atoms with Crippen LogP contribution in [0.5, 0.6) is 0 Å². The van der Waals surface area contributed by atoms with Gasteiger partial charge < -0.3 is 0 Å². The highest BCUT2D eigenvalue weighted by Crippen LogP contribution is 2.34. The summed E-state index contributed by atoms with van der Waals surface area (Å²) in [5.41, 5.74) is 4.94. The average Bonchev–Trinajstić information content (AvgIpc) is 2.66. The van der Waals surface area contributed by atoms with Gasteiger partial charge in [-0.15, -0.1) is 0 Å². The molecule has 1 heteroatoms. The average molecular weight is 335 g/mol. The summed E-state index contributed by atoms with van der Waals surface area (Å²) in [5, 5.41) is 5.11. The Morgan fingerprint density at radius 3 is 2.27 bits per heavy atom. The standard InChI is InChI=1S/C25H21N/c1-25(2)16-21-14-12-18-8-5-6-10-22(18)23(21)24(26-25)20-13-11-17-7-3-4-9-19(17)15-20/h3-15H,16H2,1-2H3. The summed E-state index contributed by atoms with van der Waals surface area (Å²) in [6.45, 7) is 4.46. The quantitative estimate of drug-likeness (QED) is 0.395. The summed E-state index contributed by atoms with van der Waals surface area (Å²) in [6, 6.07) is 28.4. The molecule has 0 aliphatic carbocycles. The first-order chi connectivity index (χ1) is 12.6. The van der Waals surface area contributed by atoms with Gasteiger partial charge in [0.05, 0.1) is 11.3 Å². The van der Waals surface area contributed by atoms with Gasteiger partial charge in [-0.3, -0.25) is 4.99 Å². The monoisotopic (exact) mass is 335 g/mol. The molecule has 1 nitrogen and oxygen atoms in total. The number of rotatable bonds is 1. The van der Waals surface area contributed by atoms with Gasteiger partial charge in [0.25, 0.3) is 0 Å². The molecule has 1 aliphatic rings. The SMILES string of the molecule is CC1(C)Cc2ccc3ccccc3c2C(c2ccc3ccccc3c2)=N1. The Hall–Kier alpha value is -2.93. The number of benzene rings is 4. The molecular weight excluding hydrogens is 314 g/mol. The molecule has 1 heterocycles. The molecule has 0 atom stereocenters. The van der Waals surface area contributed by atoms with Crippen LogP contribution in [-0.2, 0) is 6.42 Å². The van der Waals surface area contributed by atoms with Crippen molar-refractivity contribution in [2.75, 3.05) is 0 Å². The first-order valence-corrected chi connectivity index (χ1v) is 9.21. The maximum absolute atomic E-state index is 5.20. The van der Waals surface area contributed by atoms with Crippen molar-refractivity contribution in [3.63, 3.8) is 0 Å². The molecule has 0 unspecified atom stereocenters. The van der Waals surface area contributed by atoms with Gasteiger partial charge in [-0.05, 0) is 53.4 Å². The van der Waals surface area contributed by atoms with Gasteiger partial charge in [-0.25, -0.2) is 0 Å². The van der Waals surface area contributed by atoms with E-state index in [-0.39, 0.29) is 5.54 Å². The van der Waals surface area contributed by atoms with E-state index in [9.17, 15) is 0 Å². The lowest BCUT2D eigenvalue weighted by Crippen LogP contribution is -2.29. The first-order valence-electron chi connectivity index (χ1n) is 9.21. The van der Waals surface area contributed by atoms with Gasteiger partial charge in [0.1, 0.15) is 0 Å². The van der Waals surface area contributed by atoms with E-state index in [0.29, 0.717) is 0 Å². The van der Waals surface area contributed by atoms with Crippen LogP contribution in [0, 0.1) is 0 Å². The third-order valence-corrected chi connectivity index (χ3v) is 5.31.